The van der Waals surface area contributed by atoms with Gasteiger partial charge in [0.1, 0.15) is 11.9 Å². The molecule has 2 bridgehead atoms. The van der Waals surface area contributed by atoms with E-state index in [1.165, 1.54) is 13.2 Å². The van der Waals surface area contributed by atoms with Crippen LogP contribution in [-0.4, -0.2) is 90.6 Å². The first-order valence-corrected chi connectivity index (χ1v) is 18.2. The molecule has 16 heteroatoms. The fourth-order valence-corrected chi connectivity index (χ4v) is 9.51. The summed E-state index contributed by atoms with van der Waals surface area (Å²) in [6.07, 6.45) is -1.63. The molecular formula is C32H42ClF4N5O5S. The Balaban J connectivity index is 1.42. The molecule has 1 aromatic carbocycles. The number of likely N-dealkylation sites (N-methyl/N-ethyl adjacent to an activating group) is 1. The van der Waals surface area contributed by atoms with E-state index in [9.17, 15) is 37.0 Å². The van der Waals surface area contributed by atoms with Crippen LogP contribution in [0.1, 0.15) is 62.0 Å². The Labute approximate surface area is 283 Å². The van der Waals surface area contributed by atoms with Gasteiger partial charge in [0.25, 0.3) is 0 Å². The Morgan fingerprint density at radius 2 is 1.83 bits per heavy atom. The van der Waals surface area contributed by atoms with Gasteiger partial charge < -0.3 is 15.7 Å². The number of carbonyl (C=O) groups is 2. The molecule has 1 unspecified atom stereocenters. The Bertz CT molecular complexity index is 1450. The summed E-state index contributed by atoms with van der Waals surface area (Å²) >= 11 is 6.12. The predicted molar refractivity (Wildman–Crippen MR) is 176 cm³/mol. The molecule has 0 spiro atoms. The zero-order chi connectivity index (χ0) is 34.8. The van der Waals surface area contributed by atoms with Gasteiger partial charge >= 0.3 is 12.3 Å². The lowest BCUT2D eigenvalue weighted by Gasteiger charge is -2.49. The summed E-state index contributed by atoms with van der Waals surface area (Å²) in [6, 6.07) is 4.87. The molecule has 266 valence electrons. The maximum atomic E-state index is 15.4. The Kier molecular flexibility index (Phi) is 11.5. The second-order valence-electron chi connectivity index (χ2n) is 13.1. The highest BCUT2D eigenvalue weighted by molar-refractivity contribution is 8.22. The largest absolute Gasteiger partial charge is 0.465 e. The van der Waals surface area contributed by atoms with E-state index in [0.717, 1.165) is 17.5 Å². The summed E-state index contributed by atoms with van der Waals surface area (Å²) < 4.78 is 79.3. The number of hydrogen-bond donors (Lipinski definition) is 5. The number of pyridine rings is 1. The van der Waals surface area contributed by atoms with Crippen molar-refractivity contribution < 1.29 is 41.4 Å². The lowest BCUT2D eigenvalue weighted by molar-refractivity contribution is -0.184. The monoisotopic (exact) mass is 719 g/mol. The number of aromatic nitrogens is 1. The summed E-state index contributed by atoms with van der Waals surface area (Å²) in [5.41, 5.74) is 0.695. The molecule has 2 aliphatic heterocycles. The smallest absolute Gasteiger partial charge is 0.407 e. The van der Waals surface area contributed by atoms with Crippen molar-refractivity contribution in [2.75, 3.05) is 31.2 Å². The number of piperazine rings is 1. The van der Waals surface area contributed by atoms with Gasteiger partial charge in [0, 0.05) is 48.7 Å². The zero-order valence-corrected chi connectivity index (χ0v) is 28.1. The van der Waals surface area contributed by atoms with Gasteiger partial charge in [-0.3, -0.25) is 23.8 Å². The average molecular weight is 720 g/mol. The molecule has 5 atom stereocenters. The minimum absolute atomic E-state index is 0.0311. The normalized spacial score (nSPS) is 27.6. The number of halogens is 5. The lowest BCUT2D eigenvalue weighted by Crippen LogP contribution is -2.55. The summed E-state index contributed by atoms with van der Waals surface area (Å²) in [5, 5.41) is 16.6. The number of amides is 2. The summed E-state index contributed by atoms with van der Waals surface area (Å²) in [5.74, 6) is -4.00. The Morgan fingerprint density at radius 3 is 2.48 bits per heavy atom. The van der Waals surface area contributed by atoms with E-state index in [1.807, 2.05) is 0 Å². The second-order valence-corrected chi connectivity index (χ2v) is 15.7. The van der Waals surface area contributed by atoms with Crippen molar-refractivity contribution in [3.05, 3.63) is 58.6 Å². The number of nitrogens with zero attached hydrogens (tertiary/aromatic N) is 3. The van der Waals surface area contributed by atoms with Gasteiger partial charge in [-0.05, 0) is 75.0 Å². The fourth-order valence-electron chi connectivity index (χ4n) is 7.52. The molecule has 1 aliphatic carbocycles. The van der Waals surface area contributed by atoms with E-state index in [0.29, 0.717) is 36.5 Å². The number of hydrogen-bond acceptors (Lipinski definition) is 7. The molecule has 2 amide bonds. The topological polar surface area (TPSA) is 138 Å². The first kappa shape index (κ1) is 36.6. The van der Waals surface area contributed by atoms with E-state index >= 15 is 4.39 Å². The van der Waals surface area contributed by atoms with E-state index in [1.54, 1.807) is 28.6 Å². The van der Waals surface area contributed by atoms with Crippen molar-refractivity contribution >= 4 is 40.1 Å². The van der Waals surface area contributed by atoms with Crippen LogP contribution in [0.5, 0.6) is 0 Å². The van der Waals surface area contributed by atoms with Gasteiger partial charge in [-0.2, -0.15) is 13.2 Å². The quantitative estimate of drug-likeness (QED) is 0.175. The maximum absolute atomic E-state index is 15.4. The summed E-state index contributed by atoms with van der Waals surface area (Å²) in [7, 11) is -1.76. The molecule has 10 nitrogen and oxygen atoms in total. The first-order chi connectivity index (χ1) is 22.7. The van der Waals surface area contributed by atoms with Crippen molar-refractivity contribution in [1.82, 2.24) is 19.5 Å². The molecule has 3 fully saturated rings. The van der Waals surface area contributed by atoms with Crippen LogP contribution >= 0.6 is 22.4 Å². The highest BCUT2D eigenvalue weighted by Crippen LogP contribution is 2.49. The molecule has 1 aromatic heterocycles. The van der Waals surface area contributed by atoms with Gasteiger partial charge in [0.05, 0.1) is 29.8 Å². The van der Waals surface area contributed by atoms with Crippen LogP contribution in [0.25, 0.3) is 0 Å². The van der Waals surface area contributed by atoms with Crippen LogP contribution in [-0.2, 0) is 11.2 Å². The number of rotatable bonds is 9. The third kappa shape index (κ3) is 8.36. The average Bonchev–Trinajstić information content (AvgIpc) is 3.15. The molecule has 3 heterocycles. The summed E-state index contributed by atoms with van der Waals surface area (Å²) in [4.78, 5) is 31.3. The highest BCUT2D eigenvalue weighted by atomic mass is 35.5. The maximum Gasteiger partial charge on any atom is 0.407 e. The van der Waals surface area contributed by atoms with Crippen LogP contribution in [0.4, 0.5) is 28.0 Å². The van der Waals surface area contributed by atoms with Crippen molar-refractivity contribution in [3.8, 4) is 0 Å². The number of carboxylic acid groups (broad SMARTS) is 1. The SMILES string of the molecule is CN(C(=O)O)[C@H](C(=O)Nc1cncc(F)c1CC[C@H]1CN[C@@H]2CCCS(O)(O)N1C2)[C@@H](c1ccc(Cl)cc1)C1CCC(C(F)(F)F)CC1. The first-order valence-electron chi connectivity index (χ1n) is 16.1. The standard InChI is InChI=1S/C32H42ClF4N5O5S/c1-41(31(44)45)29(28(20-6-10-22(33)11-7-20)19-4-8-21(9-5-19)32(35,36)37)30(43)40-27-17-38-16-26(34)25(27)13-12-24-15-39-23-3-2-14-48(46,47)42(24)18-23/h6-7,10-11,16-17,19,21,23-24,28-29,39,46-47H,2-5,8-9,12-15,18H2,1H3,(H,40,43)(H,44,45)/t19?,21?,23-,24+,28-,29+/m1/s1. The third-order valence-corrected chi connectivity index (χ3v) is 12.4. The number of alkyl halides is 3. The van der Waals surface area contributed by atoms with Crippen molar-refractivity contribution in [1.29, 1.82) is 0 Å². The number of carbonyl (C=O) groups excluding carboxylic acids is 1. The van der Waals surface area contributed by atoms with Crippen LogP contribution in [0, 0.1) is 17.7 Å². The molecule has 5 rings (SSSR count). The second kappa shape index (κ2) is 15.1. The number of benzene rings is 1. The lowest BCUT2D eigenvalue weighted by atomic mass is 9.70. The molecule has 3 aliphatic rings. The van der Waals surface area contributed by atoms with E-state index in [2.05, 4.69) is 15.6 Å². The van der Waals surface area contributed by atoms with Gasteiger partial charge in [-0.1, -0.05) is 23.7 Å². The minimum atomic E-state index is -4.35. The summed E-state index contributed by atoms with van der Waals surface area (Å²) in [6.45, 7) is 0.926. The van der Waals surface area contributed by atoms with Gasteiger partial charge in [-0.15, -0.1) is 10.8 Å². The zero-order valence-electron chi connectivity index (χ0n) is 26.5. The molecule has 5 N–H and O–H groups in total. The van der Waals surface area contributed by atoms with E-state index in [-0.39, 0.29) is 61.2 Å². The third-order valence-electron chi connectivity index (χ3n) is 10.1. The van der Waals surface area contributed by atoms with Crippen molar-refractivity contribution in [2.24, 2.45) is 11.8 Å². The van der Waals surface area contributed by atoms with Crippen molar-refractivity contribution in [2.45, 2.75) is 81.6 Å². The van der Waals surface area contributed by atoms with Gasteiger partial charge in [0.15, 0.2) is 0 Å². The minimum Gasteiger partial charge on any atom is -0.465 e. The van der Waals surface area contributed by atoms with Crippen LogP contribution in [0.3, 0.4) is 0 Å². The Morgan fingerprint density at radius 1 is 1.15 bits per heavy atom. The van der Waals surface area contributed by atoms with Crippen LogP contribution in [0.15, 0.2) is 36.7 Å². The number of anilines is 1. The Hall–Kier alpha value is -2.69. The number of fused-ring (bicyclic) bond motifs is 2. The van der Waals surface area contributed by atoms with Gasteiger partial charge in [-0.25, -0.2) is 13.5 Å². The molecule has 1 saturated carbocycles. The van der Waals surface area contributed by atoms with Crippen LogP contribution in [0.2, 0.25) is 5.02 Å². The predicted octanol–water partition coefficient (Wildman–Crippen LogP) is 6.98. The number of nitrogens with one attached hydrogen (secondary N) is 2. The molecule has 0 radical (unpaired) electrons. The van der Waals surface area contributed by atoms with Crippen LogP contribution < -0.4 is 10.6 Å². The molecule has 48 heavy (non-hydrogen) atoms. The van der Waals surface area contributed by atoms with E-state index in [4.69, 9.17) is 11.6 Å². The van der Waals surface area contributed by atoms with Crippen molar-refractivity contribution in [3.63, 3.8) is 0 Å². The fraction of sp³-hybridized carbons (Fsp3) is 0.594. The molecule has 2 aromatic rings. The van der Waals surface area contributed by atoms with Gasteiger partial charge in [0.2, 0.25) is 5.91 Å². The van der Waals surface area contributed by atoms with E-state index < -0.39 is 58.6 Å². The molecular weight excluding hydrogens is 678 g/mol. The highest BCUT2D eigenvalue weighted by Gasteiger charge is 2.46. The molecule has 2 saturated heterocycles.